The second-order valence-electron chi connectivity index (χ2n) is 1.04. The summed E-state index contributed by atoms with van der Waals surface area (Å²) in [5.74, 6) is 0. The van der Waals surface area contributed by atoms with Crippen molar-refractivity contribution in [2.45, 2.75) is 12.6 Å². The minimum atomic E-state index is -3.11. The molecule has 0 amide bonds. The zero-order valence-electron chi connectivity index (χ0n) is 3.76. The topological polar surface area (TPSA) is 32.6 Å². The molecule has 0 saturated carbocycles. The molecule has 0 radical (unpaired) electrons. The van der Waals surface area contributed by atoms with Crippen LogP contribution in [0, 0.1) is 0 Å². The van der Waals surface area contributed by atoms with E-state index in [1.807, 2.05) is 0 Å². The van der Waals surface area contributed by atoms with Crippen molar-refractivity contribution in [2.24, 2.45) is 5.16 Å². The summed E-state index contributed by atoms with van der Waals surface area (Å²) >= 11 is 0. The molecule has 1 atom stereocenters. The van der Waals surface area contributed by atoms with Crippen LogP contribution in [0.2, 0.25) is 0 Å². The van der Waals surface area contributed by atoms with Crippen LogP contribution in [0.15, 0.2) is 5.16 Å². The molecule has 0 aliphatic heterocycles. The van der Waals surface area contributed by atoms with Crippen molar-refractivity contribution in [1.29, 1.82) is 0 Å². The maximum Gasteiger partial charge on any atom is 0.274 e. The molecule has 0 rings (SSSR count). The van der Waals surface area contributed by atoms with Gasteiger partial charge >= 0.3 is 0 Å². The van der Waals surface area contributed by atoms with Gasteiger partial charge in [0.2, 0.25) is 0 Å². The fraction of sp³-hybridized carbons (Fsp3) is 0.667. The molecule has 0 aromatic carbocycles. The number of halogens is 3. The normalized spacial score (nSPS) is 15.5. The van der Waals surface area contributed by atoms with Crippen molar-refractivity contribution in [2.75, 3.05) is 0 Å². The molecule has 5 heteroatoms. The standard InChI is InChI=1S/C3H4F3NO/c4-2(1-7-8)3(5)6/h1-3,8H. The highest BCUT2D eigenvalue weighted by molar-refractivity contribution is 5.62. The van der Waals surface area contributed by atoms with Crippen molar-refractivity contribution in [3.05, 3.63) is 0 Å². The van der Waals surface area contributed by atoms with E-state index in [1.165, 1.54) is 0 Å². The van der Waals surface area contributed by atoms with E-state index < -0.39 is 12.6 Å². The minimum Gasteiger partial charge on any atom is -0.411 e. The number of nitrogens with zero attached hydrogens (tertiary/aromatic N) is 1. The largest absolute Gasteiger partial charge is 0.411 e. The Labute approximate surface area is 43.6 Å². The first-order valence-corrected chi connectivity index (χ1v) is 1.78. The van der Waals surface area contributed by atoms with Gasteiger partial charge in [-0.25, -0.2) is 13.2 Å². The van der Waals surface area contributed by atoms with E-state index in [1.54, 1.807) is 0 Å². The smallest absolute Gasteiger partial charge is 0.274 e. The van der Waals surface area contributed by atoms with E-state index in [9.17, 15) is 13.2 Å². The van der Waals surface area contributed by atoms with Gasteiger partial charge in [-0.1, -0.05) is 5.16 Å². The van der Waals surface area contributed by atoms with Crippen molar-refractivity contribution < 1.29 is 18.4 Å². The minimum absolute atomic E-state index is 0.130. The molecule has 0 bridgehead atoms. The fourth-order valence-electron chi connectivity index (χ4n) is 0.129. The van der Waals surface area contributed by atoms with Crippen LogP contribution < -0.4 is 0 Å². The molecule has 0 spiro atoms. The van der Waals surface area contributed by atoms with Gasteiger partial charge in [-0.2, -0.15) is 0 Å². The van der Waals surface area contributed by atoms with Gasteiger partial charge in [-0.15, -0.1) is 0 Å². The number of hydrogen-bond acceptors (Lipinski definition) is 2. The Morgan fingerprint density at radius 3 is 2.00 bits per heavy atom. The monoisotopic (exact) mass is 127 g/mol. The van der Waals surface area contributed by atoms with E-state index in [4.69, 9.17) is 5.21 Å². The molecular formula is C3H4F3NO. The van der Waals surface area contributed by atoms with Crippen LogP contribution >= 0.6 is 0 Å². The van der Waals surface area contributed by atoms with Crippen LogP contribution in [-0.4, -0.2) is 24.0 Å². The van der Waals surface area contributed by atoms with Gasteiger partial charge in [0, 0.05) is 0 Å². The predicted molar refractivity (Wildman–Crippen MR) is 21.2 cm³/mol. The van der Waals surface area contributed by atoms with Crippen LogP contribution in [0.4, 0.5) is 13.2 Å². The quantitative estimate of drug-likeness (QED) is 0.335. The lowest BCUT2D eigenvalue weighted by molar-refractivity contribution is 0.0852. The number of alkyl halides is 3. The lowest BCUT2D eigenvalue weighted by Crippen LogP contribution is -2.12. The van der Waals surface area contributed by atoms with Gasteiger partial charge in [0.25, 0.3) is 6.43 Å². The highest BCUT2D eigenvalue weighted by atomic mass is 19.3. The maximum absolute atomic E-state index is 11.5. The Bertz CT molecular complexity index is 84.6. The SMILES string of the molecule is ON=CC(F)C(F)F. The molecule has 0 aromatic rings. The lowest BCUT2D eigenvalue weighted by Gasteiger charge is -1.94. The van der Waals surface area contributed by atoms with Crippen molar-refractivity contribution >= 4 is 6.21 Å². The zero-order chi connectivity index (χ0) is 6.57. The van der Waals surface area contributed by atoms with Crippen molar-refractivity contribution in [3.8, 4) is 0 Å². The Morgan fingerprint density at radius 2 is 1.88 bits per heavy atom. The van der Waals surface area contributed by atoms with Crippen LogP contribution in [0.3, 0.4) is 0 Å². The Kier molecular flexibility index (Phi) is 2.98. The molecule has 0 saturated heterocycles. The molecule has 0 fully saturated rings. The van der Waals surface area contributed by atoms with Crippen molar-refractivity contribution in [1.82, 2.24) is 0 Å². The third-order valence-electron chi connectivity index (χ3n) is 0.450. The average Bonchev–Trinajstić information content (AvgIpc) is 1.67. The molecule has 0 aliphatic carbocycles. The van der Waals surface area contributed by atoms with E-state index in [-0.39, 0.29) is 6.21 Å². The number of hydrogen-bond donors (Lipinski definition) is 1. The van der Waals surface area contributed by atoms with E-state index in [2.05, 4.69) is 5.16 Å². The molecule has 1 unspecified atom stereocenters. The molecule has 8 heavy (non-hydrogen) atoms. The van der Waals surface area contributed by atoms with Gasteiger partial charge in [0.05, 0.1) is 6.21 Å². The van der Waals surface area contributed by atoms with Gasteiger partial charge in [-0.05, 0) is 0 Å². The molecule has 0 heterocycles. The predicted octanol–water partition coefficient (Wildman–Crippen LogP) is 1.05. The molecule has 48 valence electrons. The van der Waals surface area contributed by atoms with Crippen LogP contribution in [-0.2, 0) is 0 Å². The maximum atomic E-state index is 11.5. The van der Waals surface area contributed by atoms with Crippen LogP contribution in [0.1, 0.15) is 0 Å². The number of rotatable bonds is 2. The summed E-state index contributed by atoms with van der Waals surface area (Å²) < 4.78 is 33.5. The molecule has 0 aromatic heterocycles. The first-order chi connectivity index (χ1) is 3.68. The Morgan fingerprint density at radius 1 is 1.38 bits per heavy atom. The van der Waals surface area contributed by atoms with Gasteiger partial charge in [0.15, 0.2) is 6.17 Å². The highest BCUT2D eigenvalue weighted by Crippen LogP contribution is 2.01. The third kappa shape index (κ3) is 2.44. The zero-order valence-corrected chi connectivity index (χ0v) is 3.76. The van der Waals surface area contributed by atoms with Crippen LogP contribution in [0.25, 0.3) is 0 Å². The first-order valence-electron chi connectivity index (χ1n) is 1.78. The first kappa shape index (κ1) is 7.26. The van der Waals surface area contributed by atoms with Gasteiger partial charge in [-0.3, -0.25) is 0 Å². The second kappa shape index (κ2) is 3.29. The van der Waals surface area contributed by atoms with Crippen molar-refractivity contribution in [3.63, 3.8) is 0 Å². The summed E-state index contributed by atoms with van der Waals surface area (Å²) in [6, 6.07) is 0. The van der Waals surface area contributed by atoms with Crippen LogP contribution in [0.5, 0.6) is 0 Å². The Hall–Kier alpha value is -0.740. The van der Waals surface area contributed by atoms with Gasteiger partial charge in [0.1, 0.15) is 0 Å². The summed E-state index contributed by atoms with van der Waals surface area (Å²) in [4.78, 5) is 0. The molecular weight excluding hydrogens is 123 g/mol. The van der Waals surface area contributed by atoms with E-state index >= 15 is 0 Å². The van der Waals surface area contributed by atoms with E-state index in [0.29, 0.717) is 0 Å². The average molecular weight is 127 g/mol. The Balaban J connectivity index is 3.47. The summed E-state index contributed by atoms with van der Waals surface area (Å²) in [6.45, 7) is 0. The van der Waals surface area contributed by atoms with Gasteiger partial charge < -0.3 is 5.21 Å². The number of oxime groups is 1. The summed E-state index contributed by atoms with van der Waals surface area (Å²) in [5, 5.41) is 9.56. The molecule has 0 aliphatic rings. The molecule has 2 nitrogen and oxygen atoms in total. The second-order valence-corrected chi connectivity index (χ2v) is 1.04. The summed E-state index contributed by atoms with van der Waals surface area (Å²) in [6.07, 6.45) is -5.43. The molecule has 1 N–H and O–H groups in total. The summed E-state index contributed by atoms with van der Waals surface area (Å²) in [5.41, 5.74) is 0. The highest BCUT2D eigenvalue weighted by Gasteiger charge is 2.15. The lowest BCUT2D eigenvalue weighted by atomic mass is 10.4. The fourth-order valence-corrected chi connectivity index (χ4v) is 0.129. The van der Waals surface area contributed by atoms with E-state index in [0.717, 1.165) is 0 Å². The third-order valence-corrected chi connectivity index (χ3v) is 0.450. The summed E-state index contributed by atoms with van der Waals surface area (Å²) in [7, 11) is 0.